The summed E-state index contributed by atoms with van der Waals surface area (Å²) in [5.74, 6) is -0.492. The number of carbonyl (C=O) groups excluding carboxylic acids is 1. The molecule has 0 saturated heterocycles. The molecule has 0 aromatic rings. The second-order valence-electron chi connectivity index (χ2n) is 19.0. The van der Waals surface area contributed by atoms with Gasteiger partial charge in [0.05, 0.1) is 13.2 Å². The molecule has 0 amide bonds. The molecule has 6 N–H and O–H groups in total. The van der Waals surface area contributed by atoms with Crippen LogP contribution in [0.5, 0.6) is 0 Å². The fourth-order valence-electron chi connectivity index (χ4n) is 8.04. The Morgan fingerprint density at radius 2 is 0.819 bits per heavy atom. The molecule has 1 rings (SSSR count). The summed E-state index contributed by atoms with van der Waals surface area (Å²) in [6.45, 7) is 4.10. The number of aliphatic hydroxyl groups is 5. The molecule has 1 aliphatic carbocycles. The lowest BCUT2D eigenvalue weighted by molar-refractivity contribution is -0.220. The van der Waals surface area contributed by atoms with Gasteiger partial charge in [-0.2, -0.15) is 0 Å². The second-order valence-corrected chi connectivity index (χ2v) is 20.5. The van der Waals surface area contributed by atoms with Gasteiger partial charge in [-0.1, -0.05) is 201 Å². The fraction of sp³-hybridized carbons (Fsp3) is 0.712. The monoisotopic (exact) mass is 1030 g/mol. The van der Waals surface area contributed by atoms with Crippen molar-refractivity contribution in [1.29, 1.82) is 0 Å². The number of allylic oxidation sites excluding steroid dienone is 16. The van der Waals surface area contributed by atoms with Crippen LogP contribution in [0.1, 0.15) is 206 Å². The molecule has 0 spiro atoms. The number of aliphatic hydroxyl groups excluding tert-OH is 5. The first-order valence-corrected chi connectivity index (χ1v) is 29.6. The molecule has 1 aliphatic rings. The van der Waals surface area contributed by atoms with Gasteiger partial charge >= 0.3 is 13.8 Å². The van der Waals surface area contributed by atoms with E-state index in [-0.39, 0.29) is 13.0 Å². The zero-order valence-corrected chi connectivity index (χ0v) is 45.6. The highest BCUT2D eigenvalue weighted by Crippen LogP contribution is 2.47. The van der Waals surface area contributed by atoms with Crippen LogP contribution < -0.4 is 0 Å². The molecule has 0 aromatic carbocycles. The van der Waals surface area contributed by atoms with Crippen LogP contribution in [0.2, 0.25) is 0 Å². The van der Waals surface area contributed by atoms with Crippen molar-refractivity contribution >= 4 is 13.8 Å². The second kappa shape index (κ2) is 47.9. The maximum Gasteiger partial charge on any atom is 0.472 e. The Hall–Kier alpha value is -2.74. The van der Waals surface area contributed by atoms with Crippen molar-refractivity contribution in [2.45, 2.75) is 249 Å². The Kier molecular flexibility index (Phi) is 44.8. The van der Waals surface area contributed by atoms with Crippen LogP contribution in [-0.4, -0.2) is 98.9 Å². The molecule has 6 unspecified atom stereocenters. The lowest BCUT2D eigenvalue weighted by Gasteiger charge is -2.41. The van der Waals surface area contributed by atoms with Crippen LogP contribution in [-0.2, 0) is 27.9 Å². The molecule has 72 heavy (non-hydrogen) atoms. The van der Waals surface area contributed by atoms with E-state index in [0.717, 1.165) is 109 Å². The van der Waals surface area contributed by atoms with E-state index in [9.17, 15) is 39.8 Å². The Morgan fingerprint density at radius 3 is 1.25 bits per heavy atom. The number of carbonyl (C=O) groups is 1. The summed E-state index contributed by atoms with van der Waals surface area (Å²) in [4.78, 5) is 23.3. The highest BCUT2D eigenvalue weighted by Gasteiger charge is 2.51. The largest absolute Gasteiger partial charge is 0.472 e. The minimum atomic E-state index is -5.04. The number of phosphoric ester groups is 1. The summed E-state index contributed by atoms with van der Waals surface area (Å²) < 4.78 is 34.4. The average molecular weight is 1030 g/mol. The molecule has 414 valence electrons. The molecule has 0 aromatic heterocycles. The van der Waals surface area contributed by atoms with Crippen LogP contribution >= 0.6 is 7.82 Å². The summed E-state index contributed by atoms with van der Waals surface area (Å²) in [5.41, 5.74) is 0. The van der Waals surface area contributed by atoms with Crippen molar-refractivity contribution in [1.82, 2.24) is 0 Å². The minimum absolute atomic E-state index is 0.0976. The molecule has 1 saturated carbocycles. The van der Waals surface area contributed by atoms with Gasteiger partial charge in [-0.15, -0.1) is 0 Å². The maximum atomic E-state index is 12.9. The molecule has 6 atom stereocenters. The van der Waals surface area contributed by atoms with E-state index in [1.54, 1.807) is 0 Å². The number of phosphoric acid groups is 1. The minimum Gasteiger partial charge on any atom is -0.457 e. The third-order valence-electron chi connectivity index (χ3n) is 12.4. The van der Waals surface area contributed by atoms with E-state index >= 15 is 0 Å². The van der Waals surface area contributed by atoms with Crippen molar-refractivity contribution in [3.8, 4) is 0 Å². The summed E-state index contributed by atoms with van der Waals surface area (Å²) >= 11 is 0. The highest BCUT2D eigenvalue weighted by atomic mass is 31.2. The lowest BCUT2D eigenvalue weighted by Crippen LogP contribution is -2.64. The van der Waals surface area contributed by atoms with Crippen molar-refractivity contribution < 1.29 is 58.3 Å². The molecule has 0 bridgehead atoms. The SMILES string of the molecule is CC/C=C\C/C=C\C/C=C\C/C=C\C/C=C\C/C=C\CCCCCCCOCC(COP(=O)(O)OC1C(O)C(O)C(O)C(O)C1O)OC(=O)CCCCCCCCCCC/C=C\C/C=C\CCCCCCC. The number of esters is 1. The van der Waals surface area contributed by atoms with Gasteiger partial charge in [-0.05, 0) is 96.3 Å². The molecule has 0 aliphatic heterocycles. The summed E-state index contributed by atoms with van der Waals surface area (Å²) in [5, 5.41) is 50.4. The van der Waals surface area contributed by atoms with E-state index < -0.39 is 63.1 Å². The number of ether oxygens (including phenoxy) is 2. The zero-order valence-electron chi connectivity index (χ0n) is 44.7. The van der Waals surface area contributed by atoms with Gasteiger partial charge in [-0.25, -0.2) is 4.57 Å². The van der Waals surface area contributed by atoms with Gasteiger partial charge in [0, 0.05) is 13.0 Å². The van der Waals surface area contributed by atoms with E-state index in [2.05, 4.69) is 111 Å². The van der Waals surface area contributed by atoms with E-state index in [0.29, 0.717) is 13.0 Å². The summed E-state index contributed by atoms with van der Waals surface area (Å²) in [7, 11) is -5.04. The molecule has 0 radical (unpaired) electrons. The number of rotatable bonds is 47. The Balaban J connectivity index is 2.34. The standard InChI is InChI=1S/C59H101O12P/c1-3-5-7-9-11-13-15-17-19-21-23-25-26-27-29-31-33-35-37-39-41-43-45-47-49-68-50-52(51-69-72(66,67)71-59-57(64)55(62)54(61)56(63)58(59)65)70-53(60)48-46-44-42-40-38-36-34-32-30-28-24-22-20-18-16-14-12-10-8-6-4-2/h5,7,11,13,16-19,22-25,27,29,33,35,52,54-59,61-65H,3-4,6,8-10,12,14-15,20-21,26,28,30-32,34,36-51H2,1-2H3,(H,66,67)/b7-5-,13-11-,18-16-,19-17-,24-22-,25-23-,29-27-,35-33-. The maximum absolute atomic E-state index is 12.9. The molecular weight excluding hydrogens is 932 g/mol. The Labute approximate surface area is 436 Å². The first-order valence-electron chi connectivity index (χ1n) is 28.1. The predicted molar refractivity (Wildman–Crippen MR) is 294 cm³/mol. The van der Waals surface area contributed by atoms with Crippen molar-refractivity contribution in [3.63, 3.8) is 0 Å². The van der Waals surface area contributed by atoms with Crippen LogP contribution in [0.25, 0.3) is 0 Å². The van der Waals surface area contributed by atoms with Gasteiger partial charge in [0.2, 0.25) is 0 Å². The number of unbranched alkanes of at least 4 members (excludes halogenated alkanes) is 19. The summed E-state index contributed by atoms with van der Waals surface area (Å²) in [6.07, 6.45) is 54.6. The van der Waals surface area contributed by atoms with Crippen molar-refractivity contribution in [2.24, 2.45) is 0 Å². The molecular formula is C59H101O12P. The van der Waals surface area contributed by atoms with Gasteiger partial charge in [0.1, 0.15) is 42.7 Å². The van der Waals surface area contributed by atoms with E-state index in [1.165, 1.54) is 70.6 Å². The Morgan fingerprint density at radius 1 is 0.458 bits per heavy atom. The average Bonchev–Trinajstić information content (AvgIpc) is 3.37. The fourth-order valence-corrected chi connectivity index (χ4v) is 9.01. The molecule has 1 fully saturated rings. The van der Waals surface area contributed by atoms with E-state index in [1.807, 2.05) is 0 Å². The molecule has 12 nitrogen and oxygen atoms in total. The molecule has 0 heterocycles. The summed E-state index contributed by atoms with van der Waals surface area (Å²) in [6, 6.07) is 0. The first-order chi connectivity index (χ1) is 35.0. The van der Waals surface area contributed by atoms with Gasteiger partial charge in [0.15, 0.2) is 0 Å². The van der Waals surface area contributed by atoms with Crippen LogP contribution in [0.4, 0.5) is 0 Å². The first kappa shape index (κ1) is 67.3. The highest BCUT2D eigenvalue weighted by molar-refractivity contribution is 7.47. The van der Waals surface area contributed by atoms with Gasteiger partial charge < -0.3 is 39.9 Å². The zero-order chi connectivity index (χ0) is 52.6. The van der Waals surface area contributed by atoms with E-state index in [4.69, 9.17) is 18.5 Å². The van der Waals surface area contributed by atoms with Crippen LogP contribution in [0, 0.1) is 0 Å². The lowest BCUT2D eigenvalue weighted by atomic mass is 9.85. The number of hydrogen-bond donors (Lipinski definition) is 6. The van der Waals surface area contributed by atoms with Crippen molar-refractivity contribution in [3.05, 3.63) is 97.2 Å². The predicted octanol–water partition coefficient (Wildman–Crippen LogP) is 13.4. The van der Waals surface area contributed by atoms with Gasteiger partial charge in [-0.3, -0.25) is 13.8 Å². The molecule has 13 heteroatoms. The van der Waals surface area contributed by atoms with Gasteiger partial charge in [0.25, 0.3) is 0 Å². The topological polar surface area (TPSA) is 192 Å². The van der Waals surface area contributed by atoms with Crippen molar-refractivity contribution in [2.75, 3.05) is 19.8 Å². The third-order valence-corrected chi connectivity index (χ3v) is 13.4. The van der Waals surface area contributed by atoms with Crippen LogP contribution in [0.15, 0.2) is 97.2 Å². The third kappa shape index (κ3) is 38.8. The normalized spacial score (nSPS) is 21.4. The number of hydrogen-bond acceptors (Lipinski definition) is 11. The quantitative estimate of drug-likeness (QED) is 0.0146. The Bertz CT molecular complexity index is 1550. The van der Waals surface area contributed by atoms with Crippen LogP contribution in [0.3, 0.4) is 0 Å². The smallest absolute Gasteiger partial charge is 0.457 e.